The van der Waals surface area contributed by atoms with Crippen molar-refractivity contribution in [3.8, 4) is 0 Å². The summed E-state index contributed by atoms with van der Waals surface area (Å²) < 4.78 is 11.1. The molecule has 0 saturated carbocycles. The first kappa shape index (κ1) is 14.7. The van der Waals surface area contributed by atoms with Gasteiger partial charge in [-0.3, -0.25) is 14.3 Å². The van der Waals surface area contributed by atoms with Crippen molar-refractivity contribution in [2.75, 3.05) is 18.6 Å². The lowest BCUT2D eigenvalue weighted by molar-refractivity contribution is -0.130. The van der Waals surface area contributed by atoms with E-state index in [4.69, 9.17) is 0 Å². The van der Waals surface area contributed by atoms with E-state index >= 15 is 0 Å². The smallest absolute Gasteiger partial charge is 0.241 e. The maximum absolute atomic E-state index is 12.3. The molecule has 1 N–H and O–H groups in total. The highest BCUT2D eigenvalue weighted by Gasteiger charge is 2.38. The molecule has 1 aromatic rings. The second kappa shape index (κ2) is 6.63. The molecule has 1 aliphatic rings. The molecule has 0 aromatic carbocycles. The summed E-state index contributed by atoms with van der Waals surface area (Å²) in [6, 6.07) is 1.97. The summed E-state index contributed by atoms with van der Waals surface area (Å²) in [5.41, 5.74) is 1.15. The fourth-order valence-electron chi connectivity index (χ4n) is 2.36. The van der Waals surface area contributed by atoms with Crippen LogP contribution in [-0.4, -0.2) is 39.6 Å². The summed E-state index contributed by atoms with van der Waals surface area (Å²) in [5.74, 6) is 0.817. The van der Waals surface area contributed by atoms with Crippen LogP contribution < -0.4 is 5.32 Å². The molecule has 1 saturated heterocycles. The van der Waals surface area contributed by atoms with Crippen LogP contribution in [0.25, 0.3) is 0 Å². The van der Waals surface area contributed by atoms with Gasteiger partial charge in [-0.1, -0.05) is 6.92 Å². The number of nitrogens with zero attached hydrogens (tertiary/aromatic N) is 1. The Hall–Kier alpha value is -0.720. The van der Waals surface area contributed by atoms with Gasteiger partial charge in [-0.2, -0.15) is 11.3 Å². The number of amides is 1. The number of carbonyl (C=O) groups excluding carboxylic acids is 1. The van der Waals surface area contributed by atoms with Gasteiger partial charge in [0.25, 0.3) is 0 Å². The summed E-state index contributed by atoms with van der Waals surface area (Å²) in [6.45, 7) is 2.69. The van der Waals surface area contributed by atoms with Crippen molar-refractivity contribution < 1.29 is 9.00 Å². The Morgan fingerprint density at radius 3 is 2.89 bits per heavy atom. The number of thiophene rings is 1. The minimum Gasteiger partial charge on any atom is -0.321 e. The second-order valence-electron chi connectivity index (χ2n) is 4.75. The minimum atomic E-state index is -0.792. The van der Waals surface area contributed by atoms with E-state index in [0.717, 1.165) is 18.4 Å². The molecular formula is C13H20N2O2S2. The molecule has 0 aliphatic carbocycles. The quantitative estimate of drug-likeness (QED) is 0.870. The van der Waals surface area contributed by atoms with Crippen molar-refractivity contribution >= 4 is 28.0 Å². The SMILES string of the molecule is CCC1NC(c2ccsc2)N(CCCS(C)=O)C1=O. The Kier molecular flexibility index (Phi) is 5.13. The zero-order valence-electron chi connectivity index (χ0n) is 11.3. The van der Waals surface area contributed by atoms with Gasteiger partial charge in [-0.15, -0.1) is 0 Å². The van der Waals surface area contributed by atoms with Gasteiger partial charge in [0.15, 0.2) is 0 Å². The summed E-state index contributed by atoms with van der Waals surface area (Å²) >= 11 is 1.64. The van der Waals surface area contributed by atoms with E-state index in [-0.39, 0.29) is 18.1 Å². The molecule has 2 rings (SSSR count). The number of hydrogen-bond acceptors (Lipinski definition) is 4. The molecule has 3 unspecified atom stereocenters. The van der Waals surface area contributed by atoms with Crippen LogP contribution in [0, 0.1) is 0 Å². The molecule has 0 radical (unpaired) electrons. The fraction of sp³-hybridized carbons (Fsp3) is 0.615. The monoisotopic (exact) mass is 300 g/mol. The van der Waals surface area contributed by atoms with Gasteiger partial charge in [-0.05, 0) is 35.2 Å². The van der Waals surface area contributed by atoms with Crippen molar-refractivity contribution in [2.24, 2.45) is 0 Å². The van der Waals surface area contributed by atoms with Crippen LogP contribution in [0.3, 0.4) is 0 Å². The van der Waals surface area contributed by atoms with Crippen LogP contribution in [0.1, 0.15) is 31.5 Å². The maximum Gasteiger partial charge on any atom is 0.241 e. The summed E-state index contributed by atoms with van der Waals surface area (Å²) in [6.07, 6.45) is 3.27. The van der Waals surface area contributed by atoms with Crippen LogP contribution in [0.15, 0.2) is 16.8 Å². The first-order valence-electron chi connectivity index (χ1n) is 6.52. The second-order valence-corrected chi connectivity index (χ2v) is 7.08. The third-order valence-corrected chi connectivity index (χ3v) is 4.91. The van der Waals surface area contributed by atoms with Crippen molar-refractivity contribution in [3.63, 3.8) is 0 Å². The van der Waals surface area contributed by atoms with Gasteiger partial charge >= 0.3 is 0 Å². The van der Waals surface area contributed by atoms with E-state index in [1.165, 1.54) is 0 Å². The molecule has 1 fully saturated rings. The lowest BCUT2D eigenvalue weighted by atomic mass is 10.2. The number of carbonyl (C=O) groups is 1. The van der Waals surface area contributed by atoms with Gasteiger partial charge in [0, 0.05) is 29.4 Å². The minimum absolute atomic E-state index is 0.0195. The maximum atomic E-state index is 12.3. The Morgan fingerprint density at radius 2 is 2.32 bits per heavy atom. The van der Waals surface area contributed by atoms with E-state index < -0.39 is 10.8 Å². The Labute approximate surface area is 120 Å². The van der Waals surface area contributed by atoms with Crippen molar-refractivity contribution in [1.82, 2.24) is 10.2 Å². The van der Waals surface area contributed by atoms with Gasteiger partial charge in [0.1, 0.15) is 6.17 Å². The highest BCUT2D eigenvalue weighted by atomic mass is 32.2. The average molecular weight is 300 g/mol. The third-order valence-electron chi connectivity index (χ3n) is 3.35. The largest absolute Gasteiger partial charge is 0.321 e. The molecule has 0 bridgehead atoms. The Balaban J connectivity index is 2.06. The molecule has 106 valence electrons. The van der Waals surface area contributed by atoms with Crippen molar-refractivity contribution in [3.05, 3.63) is 22.4 Å². The van der Waals surface area contributed by atoms with Crippen molar-refractivity contribution in [1.29, 1.82) is 0 Å². The number of hydrogen-bond donors (Lipinski definition) is 1. The van der Waals surface area contributed by atoms with Gasteiger partial charge in [0.05, 0.1) is 6.04 Å². The molecule has 4 nitrogen and oxygen atoms in total. The lowest BCUT2D eigenvalue weighted by Gasteiger charge is -2.23. The van der Waals surface area contributed by atoms with Crippen LogP contribution in [0.2, 0.25) is 0 Å². The molecule has 1 amide bonds. The van der Waals surface area contributed by atoms with E-state index in [9.17, 15) is 9.00 Å². The number of rotatable bonds is 6. The Morgan fingerprint density at radius 1 is 1.53 bits per heavy atom. The molecule has 2 heterocycles. The van der Waals surface area contributed by atoms with Crippen LogP contribution in [0.4, 0.5) is 0 Å². The van der Waals surface area contributed by atoms with E-state index in [1.807, 2.05) is 17.2 Å². The van der Waals surface area contributed by atoms with Crippen LogP contribution in [-0.2, 0) is 15.6 Å². The third kappa shape index (κ3) is 3.43. The molecule has 1 aromatic heterocycles. The normalized spacial score (nSPS) is 24.9. The summed E-state index contributed by atoms with van der Waals surface area (Å²) in [4.78, 5) is 14.2. The highest BCUT2D eigenvalue weighted by Crippen LogP contribution is 2.27. The van der Waals surface area contributed by atoms with E-state index in [1.54, 1.807) is 17.6 Å². The van der Waals surface area contributed by atoms with Gasteiger partial charge < -0.3 is 4.90 Å². The predicted octanol–water partition coefficient (Wildman–Crippen LogP) is 1.73. The zero-order chi connectivity index (χ0) is 13.8. The first-order valence-corrected chi connectivity index (χ1v) is 9.19. The van der Waals surface area contributed by atoms with E-state index in [0.29, 0.717) is 12.3 Å². The average Bonchev–Trinajstić information content (AvgIpc) is 2.98. The molecule has 3 atom stereocenters. The molecule has 0 spiro atoms. The lowest BCUT2D eigenvalue weighted by Crippen LogP contribution is -2.32. The van der Waals surface area contributed by atoms with Crippen molar-refractivity contribution in [2.45, 2.75) is 32.0 Å². The summed E-state index contributed by atoms with van der Waals surface area (Å²) in [5, 5.41) is 7.49. The van der Waals surface area contributed by atoms with Gasteiger partial charge in [0.2, 0.25) is 5.91 Å². The van der Waals surface area contributed by atoms with Crippen LogP contribution >= 0.6 is 11.3 Å². The topological polar surface area (TPSA) is 49.4 Å². The molecular weight excluding hydrogens is 280 g/mol. The van der Waals surface area contributed by atoms with E-state index in [2.05, 4.69) is 16.8 Å². The summed E-state index contributed by atoms with van der Waals surface area (Å²) in [7, 11) is -0.792. The Bertz CT molecular complexity index is 448. The highest BCUT2D eigenvalue weighted by molar-refractivity contribution is 7.84. The fourth-order valence-corrected chi connectivity index (χ4v) is 3.57. The molecule has 6 heteroatoms. The zero-order valence-corrected chi connectivity index (χ0v) is 12.9. The number of nitrogens with one attached hydrogen (secondary N) is 1. The predicted molar refractivity (Wildman–Crippen MR) is 79.5 cm³/mol. The molecule has 19 heavy (non-hydrogen) atoms. The molecule has 1 aliphatic heterocycles. The van der Waals surface area contributed by atoms with Crippen LogP contribution in [0.5, 0.6) is 0 Å². The standard InChI is InChI=1S/C13H20N2O2S2/c1-3-11-13(16)15(6-4-8-19(2)17)12(14-11)10-5-7-18-9-10/h5,7,9,11-12,14H,3-4,6,8H2,1-2H3. The van der Waals surface area contributed by atoms with Gasteiger partial charge in [-0.25, -0.2) is 0 Å². The first-order chi connectivity index (χ1) is 9.13.